The van der Waals surface area contributed by atoms with E-state index < -0.39 is 11.8 Å². The molecule has 1 aliphatic heterocycles. The molecule has 2 amide bonds. The van der Waals surface area contributed by atoms with Crippen LogP contribution < -0.4 is 10.2 Å². The second-order valence-corrected chi connectivity index (χ2v) is 6.44. The molecule has 0 atom stereocenters. The summed E-state index contributed by atoms with van der Waals surface area (Å²) in [6, 6.07) is 11.2. The number of benzene rings is 1. The molecular formula is C20H21N3O3S. The maximum Gasteiger partial charge on any atom is 0.266 e. The van der Waals surface area contributed by atoms with Crippen molar-refractivity contribution in [2.24, 2.45) is 0 Å². The fourth-order valence-electron chi connectivity index (χ4n) is 2.93. The van der Waals surface area contributed by atoms with Gasteiger partial charge in [-0.2, -0.15) is 0 Å². The second kappa shape index (κ2) is 8.18. The average Bonchev–Trinajstić information content (AvgIpc) is 3.18. The zero-order chi connectivity index (χ0) is 19.4. The third-order valence-corrected chi connectivity index (χ3v) is 4.73. The molecule has 1 aliphatic rings. The van der Waals surface area contributed by atoms with Crippen LogP contribution in [0.2, 0.25) is 0 Å². The molecule has 1 aromatic carbocycles. The van der Waals surface area contributed by atoms with Gasteiger partial charge < -0.3 is 9.32 Å². The summed E-state index contributed by atoms with van der Waals surface area (Å²) in [7, 11) is 0. The molecule has 0 saturated carbocycles. The summed E-state index contributed by atoms with van der Waals surface area (Å²) < 4.78 is 5.28. The molecule has 0 bridgehead atoms. The number of hydrogen-bond donors (Lipinski definition) is 1. The number of furan rings is 1. The molecule has 27 heavy (non-hydrogen) atoms. The number of anilines is 1. The first-order valence-corrected chi connectivity index (χ1v) is 9.20. The fraction of sp³-hybridized carbons (Fsp3) is 0.250. The van der Waals surface area contributed by atoms with Crippen molar-refractivity contribution in [1.29, 1.82) is 0 Å². The number of nitrogens with one attached hydrogen (secondary N) is 1. The molecule has 0 spiro atoms. The Labute approximate surface area is 163 Å². The van der Waals surface area contributed by atoms with Crippen LogP contribution in [-0.4, -0.2) is 34.9 Å². The summed E-state index contributed by atoms with van der Waals surface area (Å²) in [5, 5.41) is 2.65. The van der Waals surface area contributed by atoms with E-state index >= 15 is 0 Å². The van der Waals surface area contributed by atoms with Crippen LogP contribution in [0.1, 0.15) is 25.2 Å². The second-order valence-electron chi connectivity index (χ2n) is 6.05. The van der Waals surface area contributed by atoms with Crippen LogP contribution in [0.3, 0.4) is 0 Å². The number of amides is 2. The molecular weight excluding hydrogens is 362 g/mol. The van der Waals surface area contributed by atoms with Gasteiger partial charge in [-0.25, -0.2) is 0 Å². The quantitative estimate of drug-likeness (QED) is 0.472. The molecule has 1 fully saturated rings. The molecule has 140 valence electrons. The molecule has 2 heterocycles. The van der Waals surface area contributed by atoms with E-state index in [1.54, 1.807) is 18.2 Å². The Morgan fingerprint density at radius 1 is 1.15 bits per heavy atom. The number of carbonyl (C=O) groups is 2. The van der Waals surface area contributed by atoms with Gasteiger partial charge in [-0.1, -0.05) is 12.1 Å². The van der Waals surface area contributed by atoms with Crippen LogP contribution in [-0.2, 0) is 16.1 Å². The topological polar surface area (TPSA) is 65.8 Å². The van der Waals surface area contributed by atoms with Crippen LogP contribution >= 0.6 is 12.2 Å². The van der Waals surface area contributed by atoms with Crippen molar-refractivity contribution >= 4 is 40.9 Å². The Hall–Kier alpha value is -2.93. The van der Waals surface area contributed by atoms with Crippen molar-refractivity contribution in [3.63, 3.8) is 0 Å². The van der Waals surface area contributed by atoms with E-state index in [0.29, 0.717) is 5.76 Å². The van der Waals surface area contributed by atoms with Crippen molar-refractivity contribution in [3.05, 3.63) is 59.6 Å². The predicted molar refractivity (Wildman–Crippen MR) is 108 cm³/mol. The molecule has 7 heteroatoms. The Morgan fingerprint density at radius 3 is 2.44 bits per heavy atom. The first kappa shape index (κ1) is 18.8. The maximum absolute atomic E-state index is 12.8. The Morgan fingerprint density at radius 2 is 1.85 bits per heavy atom. The zero-order valence-corrected chi connectivity index (χ0v) is 16.1. The number of carbonyl (C=O) groups excluding carboxylic acids is 2. The Balaban J connectivity index is 1.84. The summed E-state index contributed by atoms with van der Waals surface area (Å²) in [5.41, 5.74) is 1.92. The van der Waals surface area contributed by atoms with E-state index in [1.165, 1.54) is 11.2 Å². The van der Waals surface area contributed by atoms with E-state index in [4.69, 9.17) is 16.6 Å². The van der Waals surface area contributed by atoms with Gasteiger partial charge in [0.25, 0.3) is 11.8 Å². The highest BCUT2D eigenvalue weighted by molar-refractivity contribution is 7.80. The first-order chi connectivity index (χ1) is 13.0. The molecule has 2 aromatic rings. The molecule has 0 radical (unpaired) electrons. The normalized spacial score (nSPS) is 16.0. The highest BCUT2D eigenvalue weighted by Gasteiger charge is 2.33. The summed E-state index contributed by atoms with van der Waals surface area (Å²) >= 11 is 5.14. The lowest BCUT2D eigenvalue weighted by Crippen LogP contribution is -2.53. The Bertz CT molecular complexity index is 868. The van der Waals surface area contributed by atoms with Crippen molar-refractivity contribution in [2.75, 3.05) is 18.0 Å². The Kier molecular flexibility index (Phi) is 5.71. The minimum absolute atomic E-state index is 0.0470. The van der Waals surface area contributed by atoms with Gasteiger partial charge in [-0.15, -0.1) is 0 Å². The van der Waals surface area contributed by atoms with Crippen LogP contribution in [0.4, 0.5) is 5.69 Å². The van der Waals surface area contributed by atoms with Crippen LogP contribution in [0, 0.1) is 0 Å². The molecule has 6 nitrogen and oxygen atoms in total. The lowest BCUT2D eigenvalue weighted by Gasteiger charge is -2.28. The van der Waals surface area contributed by atoms with Crippen LogP contribution in [0.5, 0.6) is 0 Å². The van der Waals surface area contributed by atoms with Gasteiger partial charge in [0.2, 0.25) is 0 Å². The monoisotopic (exact) mass is 383 g/mol. The highest BCUT2D eigenvalue weighted by Crippen LogP contribution is 2.20. The number of rotatable bonds is 6. The molecule has 1 aromatic heterocycles. The van der Waals surface area contributed by atoms with E-state index in [9.17, 15) is 9.59 Å². The van der Waals surface area contributed by atoms with E-state index in [1.807, 2.05) is 24.3 Å². The zero-order valence-electron chi connectivity index (χ0n) is 15.3. The van der Waals surface area contributed by atoms with E-state index in [2.05, 4.69) is 24.1 Å². The van der Waals surface area contributed by atoms with E-state index in [0.717, 1.165) is 24.3 Å². The first-order valence-electron chi connectivity index (χ1n) is 8.79. The highest BCUT2D eigenvalue weighted by atomic mass is 32.1. The minimum atomic E-state index is -0.492. The third-order valence-electron chi connectivity index (χ3n) is 4.41. The molecule has 1 saturated heterocycles. The van der Waals surface area contributed by atoms with Gasteiger partial charge in [-0.3, -0.25) is 19.8 Å². The summed E-state index contributed by atoms with van der Waals surface area (Å²) in [4.78, 5) is 28.6. The minimum Gasteiger partial charge on any atom is -0.467 e. The standard InChI is InChI=1S/C20H21N3O3S/c1-3-22(4-2)15-9-7-14(8-10-15)12-17-18(24)21-20(27)23(19(17)25)13-16-6-5-11-26-16/h5-12H,3-4,13H2,1-2H3,(H,21,24,27). The fourth-order valence-corrected chi connectivity index (χ4v) is 3.17. The number of nitrogens with zero attached hydrogens (tertiary/aromatic N) is 2. The number of hydrogen-bond acceptors (Lipinski definition) is 5. The average molecular weight is 383 g/mol. The van der Waals surface area contributed by atoms with Crippen molar-refractivity contribution in [2.45, 2.75) is 20.4 Å². The van der Waals surface area contributed by atoms with Crippen molar-refractivity contribution < 1.29 is 14.0 Å². The molecule has 0 aliphatic carbocycles. The van der Waals surface area contributed by atoms with Gasteiger partial charge in [-0.05, 0) is 62.0 Å². The number of thiocarbonyl (C=S) groups is 1. The lowest BCUT2D eigenvalue weighted by atomic mass is 10.1. The smallest absolute Gasteiger partial charge is 0.266 e. The SMILES string of the molecule is CCN(CC)c1ccc(C=C2C(=O)NC(=S)N(Cc3ccco3)C2=O)cc1. The lowest BCUT2D eigenvalue weighted by molar-refractivity contribution is -0.129. The van der Waals surface area contributed by atoms with E-state index in [-0.39, 0.29) is 17.2 Å². The van der Waals surface area contributed by atoms with Gasteiger partial charge in [0.1, 0.15) is 11.3 Å². The van der Waals surface area contributed by atoms with Gasteiger partial charge in [0.05, 0.1) is 12.8 Å². The summed E-state index contributed by atoms with van der Waals surface area (Å²) in [5.74, 6) is -0.341. The van der Waals surface area contributed by atoms with Crippen molar-refractivity contribution in [1.82, 2.24) is 10.2 Å². The summed E-state index contributed by atoms with van der Waals surface area (Å²) in [6.45, 7) is 6.19. The van der Waals surface area contributed by atoms with Gasteiger partial charge >= 0.3 is 0 Å². The van der Waals surface area contributed by atoms with Crippen LogP contribution in [0.25, 0.3) is 6.08 Å². The predicted octanol–water partition coefficient (Wildman–Crippen LogP) is 2.95. The largest absolute Gasteiger partial charge is 0.467 e. The maximum atomic E-state index is 12.8. The van der Waals surface area contributed by atoms with Gasteiger partial charge in [0, 0.05) is 18.8 Å². The van der Waals surface area contributed by atoms with Crippen molar-refractivity contribution in [3.8, 4) is 0 Å². The molecule has 0 unspecified atom stereocenters. The molecule has 3 rings (SSSR count). The van der Waals surface area contributed by atoms with Gasteiger partial charge in [0.15, 0.2) is 5.11 Å². The van der Waals surface area contributed by atoms with Crippen LogP contribution in [0.15, 0.2) is 52.7 Å². The third kappa shape index (κ3) is 4.09. The summed E-state index contributed by atoms with van der Waals surface area (Å²) in [6.07, 6.45) is 3.11. The molecule has 1 N–H and O–H groups in total.